The normalized spacial score (nSPS) is 10.1. The second-order valence-electron chi connectivity index (χ2n) is 3.58. The molecule has 0 saturated heterocycles. The van der Waals surface area contributed by atoms with Gasteiger partial charge in [0.1, 0.15) is 5.75 Å². The molecule has 0 unspecified atom stereocenters. The lowest BCUT2D eigenvalue weighted by atomic mass is 10.2. The van der Waals surface area contributed by atoms with Crippen LogP contribution in [0.5, 0.6) is 5.75 Å². The summed E-state index contributed by atoms with van der Waals surface area (Å²) in [5, 5.41) is 8.98. The first kappa shape index (κ1) is 12.0. The fraction of sp³-hybridized carbons (Fsp3) is 0.167. The molecule has 1 aromatic carbocycles. The number of H-pyrrole nitrogens is 1. The summed E-state index contributed by atoms with van der Waals surface area (Å²) in [4.78, 5) is 12.1. The molecule has 6 heteroatoms. The topological polar surface area (TPSA) is 93.0 Å². The molecule has 0 saturated carbocycles. The number of anilines is 2. The van der Waals surface area contributed by atoms with E-state index < -0.39 is 0 Å². The van der Waals surface area contributed by atoms with Crippen LogP contribution in [0.3, 0.4) is 0 Å². The maximum atomic E-state index is 12.1. The lowest BCUT2D eigenvalue weighted by molar-refractivity contribution is 0.102. The molecule has 0 aliphatic heterocycles. The standard InChI is InChI=1S/C12H14N4O2/c1-2-18-10-6-4-3-5-8(10)12(17)15-11-9(13)7-14-16-11/h3-7H,2,13H2,1H3,(H2,14,15,16,17). The van der Waals surface area contributed by atoms with Crippen molar-refractivity contribution in [2.24, 2.45) is 0 Å². The van der Waals surface area contributed by atoms with Gasteiger partial charge in [-0.05, 0) is 19.1 Å². The Bertz CT molecular complexity index is 551. The molecule has 1 heterocycles. The number of aromatic nitrogens is 2. The average molecular weight is 246 g/mol. The van der Waals surface area contributed by atoms with Crippen LogP contribution in [-0.2, 0) is 0 Å². The van der Waals surface area contributed by atoms with E-state index in [4.69, 9.17) is 10.5 Å². The molecule has 2 aromatic rings. The molecule has 0 aliphatic carbocycles. The second kappa shape index (κ2) is 5.22. The number of carbonyl (C=O) groups excluding carboxylic acids is 1. The zero-order chi connectivity index (χ0) is 13.0. The minimum atomic E-state index is -0.296. The Morgan fingerprint density at radius 3 is 2.94 bits per heavy atom. The lowest BCUT2D eigenvalue weighted by Gasteiger charge is -2.09. The van der Waals surface area contributed by atoms with E-state index in [0.717, 1.165) is 0 Å². The Hall–Kier alpha value is -2.50. The molecule has 2 rings (SSSR count). The van der Waals surface area contributed by atoms with Gasteiger partial charge in [-0.3, -0.25) is 9.89 Å². The average Bonchev–Trinajstić information content (AvgIpc) is 2.76. The summed E-state index contributed by atoms with van der Waals surface area (Å²) in [7, 11) is 0. The van der Waals surface area contributed by atoms with Gasteiger partial charge in [0, 0.05) is 0 Å². The van der Waals surface area contributed by atoms with E-state index in [2.05, 4.69) is 15.5 Å². The molecular formula is C12H14N4O2. The molecule has 4 N–H and O–H groups in total. The van der Waals surface area contributed by atoms with Gasteiger partial charge < -0.3 is 15.8 Å². The number of nitrogens with zero attached hydrogens (tertiary/aromatic N) is 1. The molecule has 0 radical (unpaired) electrons. The zero-order valence-electron chi connectivity index (χ0n) is 9.93. The number of rotatable bonds is 4. The number of hydrogen-bond acceptors (Lipinski definition) is 4. The van der Waals surface area contributed by atoms with E-state index >= 15 is 0 Å². The lowest BCUT2D eigenvalue weighted by Crippen LogP contribution is -2.14. The molecule has 0 spiro atoms. The molecule has 0 fully saturated rings. The highest BCUT2D eigenvalue weighted by Gasteiger charge is 2.13. The summed E-state index contributed by atoms with van der Waals surface area (Å²) in [5.41, 5.74) is 6.46. The molecule has 94 valence electrons. The van der Waals surface area contributed by atoms with Gasteiger partial charge in [-0.25, -0.2) is 0 Å². The Kier molecular flexibility index (Phi) is 3.47. The van der Waals surface area contributed by atoms with E-state index in [1.54, 1.807) is 18.2 Å². The van der Waals surface area contributed by atoms with Crippen LogP contribution < -0.4 is 15.8 Å². The van der Waals surface area contributed by atoms with Gasteiger partial charge in [0.05, 0.1) is 24.1 Å². The van der Waals surface area contributed by atoms with Crippen LogP contribution in [0, 0.1) is 0 Å². The maximum absolute atomic E-state index is 12.1. The van der Waals surface area contributed by atoms with Crippen molar-refractivity contribution in [3.05, 3.63) is 36.0 Å². The minimum absolute atomic E-state index is 0.296. The molecule has 0 atom stereocenters. The highest BCUT2D eigenvalue weighted by Crippen LogP contribution is 2.20. The van der Waals surface area contributed by atoms with Gasteiger partial charge >= 0.3 is 0 Å². The van der Waals surface area contributed by atoms with Crippen molar-refractivity contribution in [3.8, 4) is 5.75 Å². The third kappa shape index (κ3) is 2.42. The van der Waals surface area contributed by atoms with Crippen molar-refractivity contribution < 1.29 is 9.53 Å². The zero-order valence-corrected chi connectivity index (χ0v) is 9.93. The molecule has 0 bridgehead atoms. The number of ether oxygens (including phenoxy) is 1. The van der Waals surface area contributed by atoms with E-state index in [9.17, 15) is 4.79 Å². The number of benzene rings is 1. The van der Waals surface area contributed by atoms with E-state index in [0.29, 0.717) is 29.4 Å². The third-order valence-electron chi connectivity index (χ3n) is 2.34. The minimum Gasteiger partial charge on any atom is -0.493 e. The predicted molar refractivity (Wildman–Crippen MR) is 68.6 cm³/mol. The summed E-state index contributed by atoms with van der Waals surface area (Å²) in [6, 6.07) is 7.02. The summed E-state index contributed by atoms with van der Waals surface area (Å²) < 4.78 is 5.39. The highest BCUT2D eigenvalue weighted by molar-refractivity contribution is 6.06. The molecule has 1 aromatic heterocycles. The highest BCUT2D eigenvalue weighted by atomic mass is 16.5. The van der Waals surface area contributed by atoms with Crippen LogP contribution in [-0.4, -0.2) is 22.7 Å². The van der Waals surface area contributed by atoms with E-state index in [1.165, 1.54) is 6.20 Å². The fourth-order valence-electron chi connectivity index (χ4n) is 1.51. The van der Waals surface area contributed by atoms with Gasteiger partial charge in [-0.1, -0.05) is 12.1 Å². The summed E-state index contributed by atoms with van der Waals surface area (Å²) >= 11 is 0. The SMILES string of the molecule is CCOc1ccccc1C(=O)Nc1[nH]ncc1N. The Balaban J connectivity index is 2.21. The monoisotopic (exact) mass is 246 g/mol. The number of aromatic amines is 1. The molecule has 1 amide bonds. The van der Waals surface area contributed by atoms with Crippen LogP contribution in [0.2, 0.25) is 0 Å². The second-order valence-corrected chi connectivity index (χ2v) is 3.58. The van der Waals surface area contributed by atoms with Gasteiger partial charge in [0.25, 0.3) is 5.91 Å². The number of para-hydroxylation sites is 1. The van der Waals surface area contributed by atoms with Crippen LogP contribution in [0.1, 0.15) is 17.3 Å². The quantitative estimate of drug-likeness (QED) is 0.764. The van der Waals surface area contributed by atoms with Crippen molar-refractivity contribution in [2.75, 3.05) is 17.7 Å². The Morgan fingerprint density at radius 2 is 2.28 bits per heavy atom. The third-order valence-corrected chi connectivity index (χ3v) is 2.34. The molecular weight excluding hydrogens is 232 g/mol. The van der Waals surface area contributed by atoms with Gasteiger partial charge in [-0.15, -0.1) is 0 Å². The number of amides is 1. The number of carbonyl (C=O) groups is 1. The number of nitrogens with one attached hydrogen (secondary N) is 2. The first-order chi connectivity index (χ1) is 8.72. The van der Waals surface area contributed by atoms with Crippen molar-refractivity contribution in [2.45, 2.75) is 6.92 Å². The van der Waals surface area contributed by atoms with E-state index in [-0.39, 0.29) is 5.91 Å². The number of nitrogen functional groups attached to an aromatic ring is 1. The van der Waals surface area contributed by atoms with Crippen LogP contribution >= 0.6 is 0 Å². The van der Waals surface area contributed by atoms with Crippen molar-refractivity contribution in [3.63, 3.8) is 0 Å². The predicted octanol–water partition coefficient (Wildman–Crippen LogP) is 1.64. The molecule has 18 heavy (non-hydrogen) atoms. The summed E-state index contributed by atoms with van der Waals surface area (Å²) in [5.74, 6) is 0.622. The summed E-state index contributed by atoms with van der Waals surface area (Å²) in [6.07, 6.45) is 1.43. The van der Waals surface area contributed by atoms with E-state index in [1.807, 2.05) is 13.0 Å². The smallest absolute Gasteiger partial charge is 0.260 e. The van der Waals surface area contributed by atoms with Gasteiger partial charge in [0.2, 0.25) is 0 Å². The molecule has 0 aliphatic rings. The number of hydrogen-bond donors (Lipinski definition) is 3. The van der Waals surface area contributed by atoms with Crippen molar-refractivity contribution in [1.29, 1.82) is 0 Å². The summed E-state index contributed by atoms with van der Waals surface area (Å²) in [6.45, 7) is 2.36. The fourth-order valence-corrected chi connectivity index (χ4v) is 1.51. The first-order valence-corrected chi connectivity index (χ1v) is 5.54. The first-order valence-electron chi connectivity index (χ1n) is 5.54. The Labute approximate surface area is 104 Å². The van der Waals surface area contributed by atoms with Crippen molar-refractivity contribution >= 4 is 17.4 Å². The van der Waals surface area contributed by atoms with Crippen LogP contribution in [0.25, 0.3) is 0 Å². The molecule has 6 nitrogen and oxygen atoms in total. The maximum Gasteiger partial charge on any atom is 0.260 e. The van der Waals surface area contributed by atoms with Gasteiger partial charge in [-0.2, -0.15) is 5.10 Å². The van der Waals surface area contributed by atoms with Gasteiger partial charge in [0.15, 0.2) is 5.82 Å². The van der Waals surface area contributed by atoms with Crippen LogP contribution in [0.15, 0.2) is 30.5 Å². The number of nitrogens with two attached hydrogens (primary N) is 1. The Morgan fingerprint density at radius 1 is 1.50 bits per heavy atom. The van der Waals surface area contributed by atoms with Crippen LogP contribution in [0.4, 0.5) is 11.5 Å². The largest absolute Gasteiger partial charge is 0.493 e. The van der Waals surface area contributed by atoms with Crippen molar-refractivity contribution in [1.82, 2.24) is 10.2 Å².